The largest absolute Gasteiger partial charge is 0.490 e. The van der Waals surface area contributed by atoms with E-state index in [-0.39, 0.29) is 11.8 Å². The molecule has 34 heavy (non-hydrogen) atoms. The molecule has 8 heteroatoms. The quantitative estimate of drug-likeness (QED) is 0.356. The number of amides is 1. The summed E-state index contributed by atoms with van der Waals surface area (Å²) >= 11 is 1.56. The molecule has 0 saturated carbocycles. The Balaban J connectivity index is 1.59. The number of thiazole rings is 1. The molecule has 0 aliphatic carbocycles. The normalized spacial score (nSPS) is 15.1. The van der Waals surface area contributed by atoms with Gasteiger partial charge in [0.2, 0.25) is 11.0 Å². The number of aromatic nitrogens is 3. The summed E-state index contributed by atoms with van der Waals surface area (Å²) < 4.78 is 14.4. The van der Waals surface area contributed by atoms with Crippen LogP contribution in [0.15, 0.2) is 49.1 Å². The Morgan fingerprint density at radius 2 is 2.06 bits per heavy atom. The zero-order valence-electron chi connectivity index (χ0n) is 19.4. The van der Waals surface area contributed by atoms with Gasteiger partial charge >= 0.3 is 0 Å². The second-order valence-electron chi connectivity index (χ2n) is 8.27. The van der Waals surface area contributed by atoms with Gasteiger partial charge < -0.3 is 14.8 Å². The summed E-state index contributed by atoms with van der Waals surface area (Å²) in [6.45, 7) is 10.6. The van der Waals surface area contributed by atoms with Gasteiger partial charge in [-0.05, 0) is 56.2 Å². The minimum atomic E-state index is -0.151. The maximum Gasteiger partial charge on any atom is 0.226 e. The van der Waals surface area contributed by atoms with Gasteiger partial charge in [-0.25, -0.2) is 4.98 Å². The Morgan fingerprint density at radius 3 is 2.85 bits per heavy atom. The van der Waals surface area contributed by atoms with Crippen LogP contribution in [0.4, 0.5) is 5.82 Å². The molecule has 1 aliphatic rings. The van der Waals surface area contributed by atoms with E-state index in [4.69, 9.17) is 19.6 Å². The standard InChI is InChI=1S/C26H26N4O3S/c1-5-11-33-20-10-8-17(13-21(20)32-6-2)18-14-23(31)28-25-24(18)16(4)29-30(25)26-27-19-9-7-15(3)12-22(19)34-26/h5,7-10,12-13,18H,1,6,11,14H2,2-4H3,(H,28,31)/t18-/m1/s1. The van der Waals surface area contributed by atoms with E-state index in [0.29, 0.717) is 37.0 Å². The molecule has 4 aromatic rings. The number of hydrogen-bond donors (Lipinski definition) is 1. The highest BCUT2D eigenvalue weighted by atomic mass is 32.1. The molecule has 0 spiro atoms. The summed E-state index contributed by atoms with van der Waals surface area (Å²) in [4.78, 5) is 17.6. The Labute approximate surface area is 202 Å². The van der Waals surface area contributed by atoms with Gasteiger partial charge in [-0.1, -0.05) is 36.1 Å². The summed E-state index contributed by atoms with van der Waals surface area (Å²) in [5.41, 5.74) is 4.94. The van der Waals surface area contributed by atoms with E-state index in [2.05, 4.69) is 24.9 Å². The van der Waals surface area contributed by atoms with Crippen LogP contribution in [0.5, 0.6) is 11.5 Å². The van der Waals surface area contributed by atoms with Gasteiger partial charge in [0, 0.05) is 17.9 Å². The van der Waals surface area contributed by atoms with Crippen LogP contribution in [0.3, 0.4) is 0 Å². The fourth-order valence-corrected chi connectivity index (χ4v) is 5.38. The molecule has 1 N–H and O–H groups in total. The van der Waals surface area contributed by atoms with E-state index in [9.17, 15) is 4.79 Å². The van der Waals surface area contributed by atoms with Crippen LogP contribution in [0, 0.1) is 13.8 Å². The first kappa shape index (κ1) is 22.2. The lowest BCUT2D eigenvalue weighted by atomic mass is 9.85. The smallest absolute Gasteiger partial charge is 0.226 e. The van der Waals surface area contributed by atoms with E-state index >= 15 is 0 Å². The molecule has 1 amide bonds. The topological polar surface area (TPSA) is 78.3 Å². The molecule has 0 bridgehead atoms. The van der Waals surface area contributed by atoms with Crippen LogP contribution in [-0.4, -0.2) is 33.9 Å². The third-order valence-corrected chi connectivity index (χ3v) is 6.84. The van der Waals surface area contributed by atoms with Crippen molar-refractivity contribution in [2.45, 2.75) is 33.1 Å². The van der Waals surface area contributed by atoms with E-state index in [1.54, 1.807) is 22.1 Å². The molecule has 1 atom stereocenters. The van der Waals surface area contributed by atoms with Gasteiger partial charge in [-0.3, -0.25) is 4.79 Å². The van der Waals surface area contributed by atoms with Crippen molar-refractivity contribution in [2.75, 3.05) is 18.5 Å². The van der Waals surface area contributed by atoms with Crippen molar-refractivity contribution in [2.24, 2.45) is 0 Å². The number of hydrogen-bond acceptors (Lipinski definition) is 6. The first-order valence-electron chi connectivity index (χ1n) is 11.3. The average molecular weight is 475 g/mol. The maximum absolute atomic E-state index is 12.8. The monoisotopic (exact) mass is 474 g/mol. The number of benzene rings is 2. The Bertz CT molecular complexity index is 1400. The second-order valence-corrected chi connectivity index (χ2v) is 9.28. The highest BCUT2D eigenvalue weighted by Gasteiger charge is 2.33. The SMILES string of the molecule is C=CCOc1ccc([C@H]2CC(=O)Nc3c2c(C)nn3-c2nc3ccc(C)cc3s2)cc1OCC. The summed E-state index contributed by atoms with van der Waals surface area (Å²) in [5, 5.41) is 8.56. The first-order valence-corrected chi connectivity index (χ1v) is 12.1. The molecule has 0 fully saturated rings. The van der Waals surface area contributed by atoms with E-state index < -0.39 is 0 Å². The second kappa shape index (κ2) is 8.95. The molecule has 3 heterocycles. The van der Waals surface area contributed by atoms with Crippen LogP contribution < -0.4 is 14.8 Å². The van der Waals surface area contributed by atoms with Crippen molar-refractivity contribution < 1.29 is 14.3 Å². The zero-order chi connectivity index (χ0) is 23.8. The van der Waals surface area contributed by atoms with Crippen molar-refractivity contribution >= 4 is 33.3 Å². The lowest BCUT2D eigenvalue weighted by Gasteiger charge is -2.25. The van der Waals surface area contributed by atoms with Crippen LogP contribution in [0.25, 0.3) is 15.3 Å². The number of nitrogens with zero attached hydrogens (tertiary/aromatic N) is 3. The first-order chi connectivity index (χ1) is 16.5. The van der Waals surface area contributed by atoms with E-state index in [1.165, 1.54) is 5.56 Å². The fraction of sp³-hybridized carbons (Fsp3) is 0.269. The average Bonchev–Trinajstić information content (AvgIpc) is 3.38. The molecule has 1 aliphatic heterocycles. The number of anilines is 1. The molecule has 0 saturated heterocycles. The lowest BCUT2D eigenvalue weighted by Crippen LogP contribution is -2.25. The van der Waals surface area contributed by atoms with Crippen molar-refractivity contribution in [3.05, 3.63) is 71.4 Å². The van der Waals surface area contributed by atoms with Gasteiger partial charge in [-0.2, -0.15) is 9.78 Å². The lowest BCUT2D eigenvalue weighted by molar-refractivity contribution is -0.116. The summed E-state index contributed by atoms with van der Waals surface area (Å²) in [6, 6.07) is 12.0. The zero-order valence-corrected chi connectivity index (χ0v) is 20.2. The fourth-order valence-electron chi connectivity index (χ4n) is 4.36. The molecule has 174 valence electrons. The van der Waals surface area contributed by atoms with E-state index in [1.807, 2.05) is 44.2 Å². The number of fused-ring (bicyclic) bond motifs is 2. The summed E-state index contributed by atoms with van der Waals surface area (Å²) in [7, 11) is 0. The van der Waals surface area contributed by atoms with Gasteiger partial charge in [0.15, 0.2) is 11.5 Å². The predicted molar refractivity (Wildman–Crippen MR) is 135 cm³/mol. The molecular weight excluding hydrogens is 448 g/mol. The van der Waals surface area contributed by atoms with Gasteiger partial charge in [-0.15, -0.1) is 0 Å². The van der Waals surface area contributed by atoms with Gasteiger partial charge in [0.1, 0.15) is 12.4 Å². The third kappa shape index (κ3) is 3.94. The van der Waals surface area contributed by atoms with Crippen molar-refractivity contribution in [1.82, 2.24) is 14.8 Å². The molecule has 2 aromatic carbocycles. The Morgan fingerprint density at radius 1 is 1.21 bits per heavy atom. The predicted octanol–water partition coefficient (Wildman–Crippen LogP) is 5.54. The Hall–Kier alpha value is -3.65. The van der Waals surface area contributed by atoms with Crippen molar-refractivity contribution in [3.63, 3.8) is 0 Å². The van der Waals surface area contributed by atoms with Crippen molar-refractivity contribution in [1.29, 1.82) is 0 Å². The molecule has 2 aromatic heterocycles. The molecule has 5 rings (SSSR count). The minimum absolute atomic E-state index is 0.0550. The number of carbonyl (C=O) groups is 1. The highest BCUT2D eigenvalue weighted by molar-refractivity contribution is 7.20. The summed E-state index contributed by atoms with van der Waals surface area (Å²) in [6.07, 6.45) is 2.03. The third-order valence-electron chi connectivity index (χ3n) is 5.84. The van der Waals surface area contributed by atoms with Crippen LogP contribution >= 0.6 is 11.3 Å². The minimum Gasteiger partial charge on any atom is -0.490 e. The van der Waals surface area contributed by atoms with Crippen LogP contribution in [-0.2, 0) is 4.79 Å². The van der Waals surface area contributed by atoms with Crippen LogP contribution in [0.2, 0.25) is 0 Å². The Kier molecular flexibility index (Phi) is 5.83. The highest BCUT2D eigenvalue weighted by Crippen LogP contribution is 2.43. The number of rotatable bonds is 7. The molecule has 0 radical (unpaired) electrons. The van der Waals surface area contributed by atoms with Gasteiger partial charge in [0.05, 0.1) is 22.5 Å². The molecular formula is C26H26N4O3S. The van der Waals surface area contributed by atoms with Crippen molar-refractivity contribution in [3.8, 4) is 16.6 Å². The molecule has 0 unspecified atom stereocenters. The number of ether oxygens (including phenoxy) is 2. The van der Waals surface area contributed by atoms with E-state index in [0.717, 1.165) is 32.2 Å². The number of aryl methyl sites for hydroxylation is 2. The maximum atomic E-state index is 12.8. The van der Waals surface area contributed by atoms with Crippen LogP contribution in [0.1, 0.15) is 41.6 Å². The summed E-state index contributed by atoms with van der Waals surface area (Å²) in [5.74, 6) is 1.78. The number of carbonyl (C=O) groups excluding carboxylic acids is 1. The van der Waals surface area contributed by atoms with Gasteiger partial charge in [0.25, 0.3) is 0 Å². The number of nitrogens with one attached hydrogen (secondary N) is 1. The molecule has 7 nitrogen and oxygen atoms in total.